The molecule has 0 unspecified atom stereocenters. The third-order valence-corrected chi connectivity index (χ3v) is 4.84. The van der Waals surface area contributed by atoms with E-state index in [1.807, 2.05) is 48.5 Å². The van der Waals surface area contributed by atoms with Crippen LogP contribution in [0.2, 0.25) is 0 Å². The Morgan fingerprint density at radius 3 is 2.69 bits per heavy atom. The Morgan fingerprint density at radius 1 is 1.19 bits per heavy atom. The zero-order valence-corrected chi connectivity index (χ0v) is 15.8. The van der Waals surface area contributed by atoms with E-state index in [1.54, 1.807) is 25.3 Å². The van der Waals surface area contributed by atoms with Crippen molar-refractivity contribution < 1.29 is 18.2 Å². The fourth-order valence-corrected chi connectivity index (χ4v) is 3.60. The van der Waals surface area contributed by atoms with Gasteiger partial charge in [0.05, 0.1) is 12.9 Å². The van der Waals surface area contributed by atoms with Crippen molar-refractivity contribution in [3.63, 3.8) is 0 Å². The van der Waals surface area contributed by atoms with E-state index >= 15 is 0 Å². The molecule has 2 aromatic carbocycles. The minimum atomic E-state index is -1.08. The van der Waals surface area contributed by atoms with Gasteiger partial charge in [0.25, 0.3) is 5.91 Å². The summed E-state index contributed by atoms with van der Waals surface area (Å²) in [7, 11) is 2.25. The molecule has 3 rings (SSSR count). The number of rotatable bonds is 6. The average Bonchev–Trinajstić information content (AvgIpc) is 2.99. The minimum Gasteiger partial charge on any atom is -0.497 e. The summed E-state index contributed by atoms with van der Waals surface area (Å²) in [6, 6.07) is 15.0. The monoisotopic (exact) mass is 371 g/mol. The maximum atomic E-state index is 13.0. The smallest absolute Gasteiger partial charge is 0.289 e. The predicted octanol–water partition coefficient (Wildman–Crippen LogP) is 3.59. The van der Waals surface area contributed by atoms with Gasteiger partial charge < -0.3 is 14.1 Å². The van der Waals surface area contributed by atoms with Crippen LogP contribution < -0.4 is 4.74 Å². The Bertz CT molecular complexity index is 963. The van der Waals surface area contributed by atoms with E-state index in [0.717, 1.165) is 16.7 Å². The quantitative estimate of drug-likeness (QED) is 0.664. The van der Waals surface area contributed by atoms with Crippen molar-refractivity contribution in [2.45, 2.75) is 12.3 Å². The number of hydrogen-bond donors (Lipinski definition) is 0. The molecule has 3 aromatic rings. The number of amides is 1. The zero-order chi connectivity index (χ0) is 18.7. The number of para-hydroxylation sites is 1. The van der Waals surface area contributed by atoms with E-state index in [-0.39, 0.29) is 17.4 Å². The summed E-state index contributed by atoms with van der Waals surface area (Å²) < 4.78 is 22.8. The van der Waals surface area contributed by atoms with Gasteiger partial charge in [0, 0.05) is 41.6 Å². The molecule has 0 N–H and O–H groups in total. The highest BCUT2D eigenvalue weighted by Crippen LogP contribution is 2.28. The highest BCUT2D eigenvalue weighted by molar-refractivity contribution is 7.83. The molecular formula is C20H21NO4S. The summed E-state index contributed by atoms with van der Waals surface area (Å²) in [5, 5.41) is 0.834. The molecule has 136 valence electrons. The van der Waals surface area contributed by atoms with Crippen molar-refractivity contribution in [1.29, 1.82) is 0 Å². The van der Waals surface area contributed by atoms with Gasteiger partial charge in [-0.25, -0.2) is 0 Å². The van der Waals surface area contributed by atoms with Gasteiger partial charge in [-0.3, -0.25) is 9.00 Å². The number of carbonyl (C=O) groups excluding carboxylic acids is 1. The molecule has 1 heterocycles. The molecule has 0 saturated heterocycles. The summed E-state index contributed by atoms with van der Waals surface area (Å²) in [4.78, 5) is 14.6. The van der Waals surface area contributed by atoms with Gasteiger partial charge in [-0.1, -0.05) is 30.3 Å². The number of methoxy groups -OCH3 is 1. The van der Waals surface area contributed by atoms with Crippen LogP contribution in [0.3, 0.4) is 0 Å². The van der Waals surface area contributed by atoms with Gasteiger partial charge in [-0.2, -0.15) is 0 Å². The average molecular weight is 371 g/mol. The van der Waals surface area contributed by atoms with Crippen molar-refractivity contribution in [1.82, 2.24) is 4.90 Å². The van der Waals surface area contributed by atoms with Crippen molar-refractivity contribution in [3.8, 4) is 5.75 Å². The number of ether oxygens (including phenoxy) is 1. The standard InChI is InChI=1S/C20H21NO4S/c1-21(12-14-7-6-8-15(11-14)24-2)20(22)19-17(13-26(3)23)16-9-4-5-10-18(16)25-19/h4-11H,12-13H2,1-3H3/t26-/m1/s1. The Kier molecular flexibility index (Phi) is 5.42. The third-order valence-electron chi connectivity index (χ3n) is 4.14. The van der Waals surface area contributed by atoms with Crippen molar-refractivity contribution in [2.75, 3.05) is 20.4 Å². The molecule has 1 aromatic heterocycles. The molecule has 0 aliphatic heterocycles. The molecule has 0 saturated carbocycles. The highest BCUT2D eigenvalue weighted by Gasteiger charge is 2.24. The third kappa shape index (κ3) is 3.80. The first-order valence-electron chi connectivity index (χ1n) is 8.18. The molecule has 0 aliphatic rings. The summed E-state index contributed by atoms with van der Waals surface area (Å²) in [5.74, 6) is 1.05. The first-order chi connectivity index (χ1) is 12.5. The van der Waals surface area contributed by atoms with Gasteiger partial charge >= 0.3 is 0 Å². The minimum absolute atomic E-state index is 0.232. The lowest BCUT2D eigenvalue weighted by Gasteiger charge is -2.17. The molecule has 26 heavy (non-hydrogen) atoms. The molecule has 1 amide bonds. The maximum Gasteiger partial charge on any atom is 0.289 e. The summed E-state index contributed by atoms with van der Waals surface area (Å²) >= 11 is 0. The number of hydrogen-bond acceptors (Lipinski definition) is 4. The molecule has 1 atom stereocenters. The molecule has 5 nitrogen and oxygen atoms in total. The molecule has 0 fully saturated rings. The first kappa shape index (κ1) is 18.2. The highest BCUT2D eigenvalue weighted by atomic mass is 32.2. The first-order valence-corrected chi connectivity index (χ1v) is 9.91. The van der Waals surface area contributed by atoms with E-state index in [1.165, 1.54) is 0 Å². The lowest BCUT2D eigenvalue weighted by molar-refractivity contribution is 0.0754. The normalized spacial score (nSPS) is 12.1. The van der Waals surface area contributed by atoms with Crippen LogP contribution >= 0.6 is 0 Å². The van der Waals surface area contributed by atoms with Crippen LogP contribution in [0, 0.1) is 0 Å². The van der Waals surface area contributed by atoms with E-state index in [9.17, 15) is 9.00 Å². The second kappa shape index (κ2) is 7.74. The number of benzene rings is 2. The number of furan rings is 1. The Hall–Kier alpha value is -2.60. The van der Waals surface area contributed by atoms with Gasteiger partial charge in [0.2, 0.25) is 0 Å². The fraction of sp³-hybridized carbons (Fsp3) is 0.250. The molecule has 0 aliphatic carbocycles. The largest absolute Gasteiger partial charge is 0.497 e. The predicted molar refractivity (Wildman–Crippen MR) is 103 cm³/mol. The number of fused-ring (bicyclic) bond motifs is 1. The summed E-state index contributed by atoms with van der Waals surface area (Å²) in [5.41, 5.74) is 2.28. The molecular weight excluding hydrogens is 350 g/mol. The zero-order valence-electron chi connectivity index (χ0n) is 15.0. The van der Waals surface area contributed by atoms with Crippen LogP contribution in [0.25, 0.3) is 11.0 Å². The Balaban J connectivity index is 1.91. The van der Waals surface area contributed by atoms with Crippen LogP contribution in [0.5, 0.6) is 5.75 Å². The van der Waals surface area contributed by atoms with Gasteiger partial charge in [0.15, 0.2) is 5.76 Å². The van der Waals surface area contributed by atoms with Crippen LogP contribution in [-0.4, -0.2) is 35.4 Å². The molecule has 0 radical (unpaired) electrons. The van der Waals surface area contributed by atoms with Crippen LogP contribution in [0.4, 0.5) is 0 Å². The fourth-order valence-electron chi connectivity index (χ4n) is 2.91. The van der Waals surface area contributed by atoms with Gasteiger partial charge in [0.1, 0.15) is 11.3 Å². The Labute approximate surface area is 155 Å². The second-order valence-electron chi connectivity index (χ2n) is 6.14. The van der Waals surface area contributed by atoms with Crippen LogP contribution in [0.1, 0.15) is 21.7 Å². The molecule has 0 bridgehead atoms. The van der Waals surface area contributed by atoms with Crippen LogP contribution in [0.15, 0.2) is 52.9 Å². The van der Waals surface area contributed by atoms with Crippen molar-refractivity contribution in [3.05, 3.63) is 65.4 Å². The van der Waals surface area contributed by atoms with Gasteiger partial charge in [-0.05, 0) is 23.8 Å². The van der Waals surface area contributed by atoms with E-state index < -0.39 is 10.8 Å². The van der Waals surface area contributed by atoms with Crippen molar-refractivity contribution in [2.24, 2.45) is 0 Å². The lowest BCUT2D eigenvalue weighted by Crippen LogP contribution is -2.26. The summed E-state index contributed by atoms with van der Waals surface area (Å²) in [6.07, 6.45) is 1.62. The topological polar surface area (TPSA) is 59.8 Å². The van der Waals surface area contributed by atoms with E-state index in [2.05, 4.69) is 0 Å². The molecule has 6 heteroatoms. The molecule has 0 spiro atoms. The summed E-state index contributed by atoms with van der Waals surface area (Å²) in [6.45, 7) is 0.418. The van der Waals surface area contributed by atoms with E-state index in [0.29, 0.717) is 17.7 Å². The van der Waals surface area contributed by atoms with E-state index in [4.69, 9.17) is 9.15 Å². The number of nitrogens with zero attached hydrogens (tertiary/aromatic N) is 1. The maximum absolute atomic E-state index is 13.0. The number of carbonyl (C=O) groups is 1. The Morgan fingerprint density at radius 2 is 1.96 bits per heavy atom. The van der Waals surface area contributed by atoms with Crippen molar-refractivity contribution >= 4 is 27.7 Å². The lowest BCUT2D eigenvalue weighted by atomic mass is 10.1. The SMILES string of the molecule is COc1cccc(CN(C)C(=O)c2oc3ccccc3c2C[S@@](C)=O)c1. The second-order valence-corrected chi connectivity index (χ2v) is 7.57. The van der Waals surface area contributed by atoms with Gasteiger partial charge in [-0.15, -0.1) is 0 Å². The van der Waals surface area contributed by atoms with Crippen LogP contribution in [-0.2, 0) is 23.1 Å².